The van der Waals surface area contributed by atoms with Crippen molar-refractivity contribution in [1.82, 2.24) is 25.9 Å². The van der Waals surface area contributed by atoms with Crippen LogP contribution in [-0.2, 0) is 20.8 Å². The average Bonchev–Trinajstić information content (AvgIpc) is 3.30. The smallest absolute Gasteiger partial charge is 0.326 e. The summed E-state index contributed by atoms with van der Waals surface area (Å²) in [6, 6.07) is 6.22. The van der Waals surface area contributed by atoms with E-state index in [-0.39, 0.29) is 19.4 Å². The number of benzene rings is 1. The highest BCUT2D eigenvalue weighted by Gasteiger charge is 2.27. The van der Waals surface area contributed by atoms with Gasteiger partial charge in [-0.05, 0) is 37.9 Å². The van der Waals surface area contributed by atoms with Crippen molar-refractivity contribution in [3.05, 3.63) is 54.1 Å². The lowest BCUT2D eigenvalue weighted by atomic mass is 10.1. The average molecular weight is 444 g/mol. The Hall–Kier alpha value is -3.73. The van der Waals surface area contributed by atoms with Crippen molar-refractivity contribution >= 4 is 23.7 Å². The number of aliphatic carboxylic acids is 1. The van der Waals surface area contributed by atoms with Gasteiger partial charge in [-0.15, -0.1) is 0 Å². The van der Waals surface area contributed by atoms with Gasteiger partial charge in [0.25, 0.3) is 5.91 Å². The lowest BCUT2D eigenvalue weighted by molar-refractivity contribution is -0.142. The van der Waals surface area contributed by atoms with Crippen molar-refractivity contribution in [3.8, 4) is 0 Å². The second-order valence-electron chi connectivity index (χ2n) is 7.13. The second-order valence-corrected chi connectivity index (χ2v) is 7.13. The Morgan fingerprint density at radius 2 is 1.81 bits per heavy atom. The normalized spacial score (nSPS) is 12.4. The summed E-state index contributed by atoms with van der Waals surface area (Å²) in [6.07, 6.45) is 4.39. The molecule has 3 amide bonds. The Labute approximate surface area is 185 Å². The summed E-state index contributed by atoms with van der Waals surface area (Å²) in [5.41, 5.74) is 6.41. The molecule has 2 rings (SSSR count). The maximum Gasteiger partial charge on any atom is 0.326 e. The van der Waals surface area contributed by atoms with Crippen LogP contribution in [0.5, 0.6) is 0 Å². The highest BCUT2D eigenvalue weighted by molar-refractivity contribution is 5.97. The summed E-state index contributed by atoms with van der Waals surface area (Å²) >= 11 is 0. The molecule has 172 valence electrons. The fourth-order valence-electron chi connectivity index (χ4n) is 2.95. The van der Waals surface area contributed by atoms with E-state index in [1.807, 2.05) is 0 Å². The summed E-state index contributed by atoms with van der Waals surface area (Å²) < 4.78 is 0. The van der Waals surface area contributed by atoms with Crippen LogP contribution in [0.3, 0.4) is 0 Å². The van der Waals surface area contributed by atoms with Crippen LogP contribution in [0.25, 0.3) is 0 Å². The van der Waals surface area contributed by atoms with Crippen molar-refractivity contribution in [2.75, 3.05) is 13.1 Å². The van der Waals surface area contributed by atoms with Crippen LogP contribution < -0.4 is 21.7 Å². The Morgan fingerprint density at radius 1 is 1.06 bits per heavy atom. The summed E-state index contributed by atoms with van der Waals surface area (Å²) in [7, 11) is 0. The minimum absolute atomic E-state index is 0.0688. The zero-order valence-corrected chi connectivity index (χ0v) is 17.5. The standard InChI is InChI=1S/C21H28N6O5/c22-9-5-4-8-16(21(31)32)27-20(30)17(10-15-11-23-13-25-15)26-18(28)12-24-19(29)14-6-2-1-3-7-14/h1-3,6-7,11,13,16-17H,4-5,8-10,12,22H2,(H,23,25)(H,24,29)(H,26,28)(H,27,30)(H,31,32)/t16-,17-/m0/s1. The largest absolute Gasteiger partial charge is 0.480 e. The van der Waals surface area contributed by atoms with Gasteiger partial charge < -0.3 is 31.8 Å². The SMILES string of the molecule is NCCCC[C@H](NC(=O)[C@H](Cc1cnc[nH]1)NC(=O)CNC(=O)c1ccccc1)C(=O)O. The first kappa shape index (κ1) is 24.5. The van der Waals surface area contributed by atoms with Crippen LogP contribution in [0.4, 0.5) is 0 Å². The molecule has 0 aliphatic carbocycles. The van der Waals surface area contributed by atoms with E-state index >= 15 is 0 Å². The number of amides is 3. The summed E-state index contributed by atoms with van der Waals surface area (Å²) in [4.78, 5) is 55.5. The first-order valence-corrected chi connectivity index (χ1v) is 10.2. The van der Waals surface area contributed by atoms with Gasteiger partial charge in [0.1, 0.15) is 12.1 Å². The third-order valence-electron chi connectivity index (χ3n) is 4.64. The number of nitrogens with zero attached hydrogens (tertiary/aromatic N) is 1. The highest BCUT2D eigenvalue weighted by Crippen LogP contribution is 2.04. The fraction of sp³-hybridized carbons (Fsp3) is 0.381. The molecule has 11 nitrogen and oxygen atoms in total. The number of aromatic nitrogens is 2. The quantitative estimate of drug-likeness (QED) is 0.227. The molecule has 0 saturated carbocycles. The van der Waals surface area contributed by atoms with Gasteiger partial charge in [-0.2, -0.15) is 0 Å². The summed E-state index contributed by atoms with van der Waals surface area (Å²) in [6.45, 7) is 0.0762. The van der Waals surface area contributed by atoms with Gasteiger partial charge in [0.05, 0.1) is 12.9 Å². The van der Waals surface area contributed by atoms with Crippen molar-refractivity contribution in [2.45, 2.75) is 37.8 Å². The van der Waals surface area contributed by atoms with Crippen molar-refractivity contribution in [3.63, 3.8) is 0 Å². The zero-order valence-electron chi connectivity index (χ0n) is 17.5. The van der Waals surface area contributed by atoms with Crippen molar-refractivity contribution < 1.29 is 24.3 Å². The number of rotatable bonds is 13. The van der Waals surface area contributed by atoms with Gasteiger partial charge in [0.15, 0.2) is 0 Å². The third-order valence-corrected chi connectivity index (χ3v) is 4.64. The number of carbonyl (C=O) groups excluding carboxylic acids is 3. The van der Waals surface area contributed by atoms with Crippen LogP contribution in [-0.4, -0.2) is 63.9 Å². The molecule has 0 saturated heterocycles. The Balaban J connectivity index is 1.98. The van der Waals surface area contributed by atoms with Gasteiger partial charge in [0, 0.05) is 23.9 Å². The van der Waals surface area contributed by atoms with Gasteiger partial charge in [0.2, 0.25) is 11.8 Å². The Morgan fingerprint density at radius 3 is 2.44 bits per heavy atom. The summed E-state index contributed by atoms with van der Waals surface area (Å²) in [5.74, 6) is -2.84. The lowest BCUT2D eigenvalue weighted by Crippen LogP contribution is -2.54. The number of carbonyl (C=O) groups is 4. The molecule has 0 aliphatic rings. The van der Waals surface area contributed by atoms with Gasteiger partial charge in [-0.1, -0.05) is 18.2 Å². The van der Waals surface area contributed by atoms with E-state index in [0.717, 1.165) is 0 Å². The predicted octanol–water partition coefficient (Wildman–Crippen LogP) is -0.435. The number of imidazole rings is 1. The van der Waals surface area contributed by atoms with E-state index in [4.69, 9.17) is 5.73 Å². The molecule has 0 aliphatic heterocycles. The molecule has 0 unspecified atom stereocenters. The van der Waals surface area contributed by atoms with Crippen LogP contribution in [0.2, 0.25) is 0 Å². The fourth-order valence-corrected chi connectivity index (χ4v) is 2.95. The number of hydrogen-bond acceptors (Lipinski definition) is 6. The maximum absolute atomic E-state index is 12.8. The van der Waals surface area contributed by atoms with Gasteiger partial charge >= 0.3 is 5.97 Å². The van der Waals surface area contributed by atoms with Crippen LogP contribution >= 0.6 is 0 Å². The number of carboxylic acids is 1. The number of carboxylic acid groups (broad SMARTS) is 1. The topological polar surface area (TPSA) is 179 Å². The summed E-state index contributed by atoms with van der Waals surface area (Å²) in [5, 5.41) is 16.9. The van der Waals surface area contributed by atoms with Gasteiger partial charge in [-0.25, -0.2) is 9.78 Å². The molecule has 1 heterocycles. The molecule has 2 aromatic rings. The molecule has 7 N–H and O–H groups in total. The number of nitrogens with one attached hydrogen (secondary N) is 4. The molecular weight excluding hydrogens is 416 g/mol. The minimum atomic E-state index is -1.17. The van der Waals surface area contributed by atoms with Crippen LogP contribution in [0, 0.1) is 0 Å². The molecular formula is C21H28N6O5. The van der Waals surface area contributed by atoms with Crippen LogP contribution in [0.1, 0.15) is 35.3 Å². The van der Waals surface area contributed by atoms with E-state index in [9.17, 15) is 24.3 Å². The van der Waals surface area contributed by atoms with E-state index in [2.05, 4.69) is 25.9 Å². The number of aromatic amines is 1. The van der Waals surface area contributed by atoms with E-state index < -0.39 is 35.8 Å². The number of nitrogens with two attached hydrogens (primary N) is 1. The number of hydrogen-bond donors (Lipinski definition) is 6. The molecule has 1 aromatic carbocycles. The minimum Gasteiger partial charge on any atom is -0.480 e. The molecule has 32 heavy (non-hydrogen) atoms. The molecule has 0 radical (unpaired) electrons. The first-order chi connectivity index (χ1) is 15.4. The molecule has 0 fully saturated rings. The molecule has 0 bridgehead atoms. The predicted molar refractivity (Wildman–Crippen MR) is 115 cm³/mol. The number of H-pyrrole nitrogens is 1. The maximum atomic E-state index is 12.8. The molecule has 1 aromatic heterocycles. The molecule has 2 atom stereocenters. The van der Waals surface area contributed by atoms with Crippen molar-refractivity contribution in [2.24, 2.45) is 5.73 Å². The zero-order chi connectivity index (χ0) is 23.3. The van der Waals surface area contributed by atoms with E-state index in [1.54, 1.807) is 30.3 Å². The van der Waals surface area contributed by atoms with Gasteiger partial charge in [-0.3, -0.25) is 14.4 Å². The third kappa shape index (κ3) is 8.19. The highest BCUT2D eigenvalue weighted by atomic mass is 16.4. The second kappa shape index (κ2) is 12.8. The Bertz CT molecular complexity index is 887. The van der Waals surface area contributed by atoms with Crippen LogP contribution in [0.15, 0.2) is 42.9 Å². The molecule has 0 spiro atoms. The van der Waals surface area contributed by atoms with E-state index in [0.29, 0.717) is 30.6 Å². The number of unbranched alkanes of at least 4 members (excludes halogenated alkanes) is 1. The first-order valence-electron chi connectivity index (χ1n) is 10.2. The monoisotopic (exact) mass is 444 g/mol. The lowest BCUT2D eigenvalue weighted by Gasteiger charge is -2.21. The Kier molecular flexibility index (Phi) is 9.85. The molecule has 11 heteroatoms. The van der Waals surface area contributed by atoms with E-state index in [1.165, 1.54) is 12.5 Å². The van der Waals surface area contributed by atoms with Crippen molar-refractivity contribution in [1.29, 1.82) is 0 Å².